The van der Waals surface area contributed by atoms with Crippen LogP contribution in [0, 0.1) is 5.82 Å². The van der Waals surface area contributed by atoms with Gasteiger partial charge in [-0.3, -0.25) is 0 Å². The van der Waals surface area contributed by atoms with Crippen LogP contribution in [0.15, 0.2) is 35.6 Å². The summed E-state index contributed by atoms with van der Waals surface area (Å²) in [4.78, 5) is 3.97. The van der Waals surface area contributed by atoms with E-state index in [0.29, 0.717) is 10.9 Å². The number of aliphatic hydroxyl groups is 1. The lowest BCUT2D eigenvalue weighted by Crippen LogP contribution is -2.17. The Balaban J connectivity index is 2.08. The summed E-state index contributed by atoms with van der Waals surface area (Å²) in [6.45, 7) is -0.196. The predicted molar refractivity (Wildman–Crippen MR) is 70.1 cm³/mol. The van der Waals surface area contributed by atoms with Crippen molar-refractivity contribution < 1.29 is 18.3 Å². The summed E-state index contributed by atoms with van der Waals surface area (Å²) < 4.78 is 42.2. The van der Waals surface area contributed by atoms with Crippen molar-refractivity contribution in [1.82, 2.24) is 9.55 Å². The smallest absolute Gasteiger partial charge is 0.282 e. The molecule has 0 saturated heterocycles. The minimum absolute atomic E-state index is 0.196. The molecular weight excluding hydrogens is 289 g/mol. The van der Waals surface area contributed by atoms with E-state index in [1.54, 1.807) is 11.6 Å². The summed E-state index contributed by atoms with van der Waals surface area (Å²) in [5, 5.41) is 9.41. The summed E-state index contributed by atoms with van der Waals surface area (Å²) in [5.74, 6) is -4.13. The highest BCUT2D eigenvalue weighted by molar-refractivity contribution is 7.99. The van der Waals surface area contributed by atoms with Gasteiger partial charge in [0, 0.05) is 12.6 Å². The molecule has 0 aliphatic rings. The van der Waals surface area contributed by atoms with Crippen molar-refractivity contribution in [2.45, 2.75) is 17.7 Å². The number of imidazole rings is 1. The van der Waals surface area contributed by atoms with Crippen molar-refractivity contribution >= 4 is 11.8 Å². The van der Waals surface area contributed by atoms with E-state index < -0.39 is 17.5 Å². The maximum atomic E-state index is 14.0. The number of rotatable bonds is 5. The van der Waals surface area contributed by atoms with Gasteiger partial charge >= 0.3 is 0 Å². The van der Waals surface area contributed by atoms with Crippen LogP contribution in [0.4, 0.5) is 13.2 Å². The van der Waals surface area contributed by atoms with E-state index in [2.05, 4.69) is 4.98 Å². The topological polar surface area (TPSA) is 38.0 Å². The number of aliphatic hydroxyl groups excluding tert-OH is 1. The number of benzene rings is 1. The van der Waals surface area contributed by atoms with E-state index >= 15 is 0 Å². The standard InChI is InChI=1S/C13H13F3N2OS/c1-18-11(7-19)6-17-12(18)20-8-13(15,16)9-2-4-10(14)5-3-9/h2-6,19H,7-8H2,1H3. The first-order valence-corrected chi connectivity index (χ1v) is 6.80. The number of aromatic nitrogens is 2. The normalized spacial score (nSPS) is 11.8. The highest BCUT2D eigenvalue weighted by atomic mass is 32.2. The molecule has 108 valence electrons. The molecule has 3 nitrogen and oxygen atoms in total. The van der Waals surface area contributed by atoms with E-state index in [4.69, 9.17) is 5.11 Å². The van der Waals surface area contributed by atoms with Crippen LogP contribution >= 0.6 is 11.8 Å². The molecule has 1 aromatic carbocycles. The monoisotopic (exact) mass is 302 g/mol. The lowest BCUT2D eigenvalue weighted by Gasteiger charge is -2.16. The Kier molecular flexibility index (Phi) is 4.39. The molecule has 0 spiro atoms. The second kappa shape index (κ2) is 5.88. The Morgan fingerprint density at radius 3 is 2.50 bits per heavy atom. The van der Waals surface area contributed by atoms with Gasteiger partial charge in [-0.2, -0.15) is 0 Å². The van der Waals surface area contributed by atoms with E-state index in [1.165, 1.54) is 6.20 Å². The zero-order chi connectivity index (χ0) is 14.8. The molecule has 0 bridgehead atoms. The molecule has 0 atom stereocenters. The van der Waals surface area contributed by atoms with Gasteiger partial charge in [0.15, 0.2) is 5.16 Å². The first kappa shape index (κ1) is 14.9. The lowest BCUT2D eigenvalue weighted by atomic mass is 10.1. The summed E-state index contributed by atoms with van der Waals surface area (Å²) >= 11 is 0.886. The molecular formula is C13H13F3N2OS. The van der Waals surface area contributed by atoms with Gasteiger partial charge in [0.1, 0.15) is 5.82 Å². The van der Waals surface area contributed by atoms with E-state index in [9.17, 15) is 13.2 Å². The number of hydrogen-bond donors (Lipinski definition) is 1. The molecule has 2 aromatic rings. The average Bonchev–Trinajstić information content (AvgIpc) is 2.77. The van der Waals surface area contributed by atoms with Gasteiger partial charge in [-0.25, -0.2) is 18.2 Å². The Labute approximate surface area is 118 Å². The number of nitrogens with zero attached hydrogens (tertiary/aromatic N) is 2. The Bertz CT molecular complexity index is 584. The molecule has 0 aliphatic carbocycles. The van der Waals surface area contributed by atoms with E-state index in [0.717, 1.165) is 36.0 Å². The van der Waals surface area contributed by atoms with Crippen molar-refractivity contribution in [2.75, 3.05) is 5.75 Å². The number of hydrogen-bond acceptors (Lipinski definition) is 3. The molecule has 7 heteroatoms. The molecule has 0 saturated carbocycles. The summed E-state index contributed by atoms with van der Waals surface area (Å²) in [7, 11) is 1.65. The van der Waals surface area contributed by atoms with Gasteiger partial charge in [0.25, 0.3) is 5.92 Å². The SMILES string of the molecule is Cn1c(CO)cnc1SCC(F)(F)c1ccc(F)cc1. The quantitative estimate of drug-likeness (QED) is 0.863. The molecule has 20 heavy (non-hydrogen) atoms. The summed E-state index contributed by atoms with van der Waals surface area (Å²) in [6, 6.07) is 4.18. The zero-order valence-electron chi connectivity index (χ0n) is 10.7. The van der Waals surface area contributed by atoms with Crippen molar-refractivity contribution in [2.24, 2.45) is 7.05 Å². The fourth-order valence-corrected chi connectivity index (χ4v) is 2.55. The molecule has 2 rings (SSSR count). The Morgan fingerprint density at radius 1 is 1.30 bits per heavy atom. The fourth-order valence-electron chi connectivity index (χ4n) is 1.64. The van der Waals surface area contributed by atoms with Crippen LogP contribution in [0.3, 0.4) is 0 Å². The zero-order valence-corrected chi connectivity index (χ0v) is 11.5. The maximum Gasteiger partial charge on any atom is 0.282 e. The van der Waals surface area contributed by atoms with Gasteiger partial charge < -0.3 is 9.67 Å². The molecule has 0 fully saturated rings. The Hall–Kier alpha value is -1.47. The van der Waals surface area contributed by atoms with Crippen LogP contribution in [-0.4, -0.2) is 20.4 Å². The number of alkyl halides is 2. The van der Waals surface area contributed by atoms with Crippen molar-refractivity contribution in [1.29, 1.82) is 0 Å². The van der Waals surface area contributed by atoms with Crippen LogP contribution in [0.5, 0.6) is 0 Å². The van der Waals surface area contributed by atoms with Gasteiger partial charge in [-0.05, 0) is 12.1 Å². The summed E-state index contributed by atoms with van der Waals surface area (Å²) in [5.41, 5.74) is 0.320. The van der Waals surface area contributed by atoms with Crippen LogP contribution in [0.25, 0.3) is 0 Å². The third-order valence-electron chi connectivity index (χ3n) is 2.85. The molecule has 0 amide bonds. The largest absolute Gasteiger partial charge is 0.390 e. The minimum atomic E-state index is -3.08. The average molecular weight is 302 g/mol. The molecule has 0 aliphatic heterocycles. The number of thioether (sulfide) groups is 1. The maximum absolute atomic E-state index is 14.0. The highest BCUT2D eigenvalue weighted by Crippen LogP contribution is 2.34. The minimum Gasteiger partial charge on any atom is -0.390 e. The molecule has 0 unspecified atom stereocenters. The van der Waals surface area contributed by atoms with Gasteiger partial charge in [-0.15, -0.1) is 0 Å². The second-order valence-electron chi connectivity index (χ2n) is 4.25. The lowest BCUT2D eigenvalue weighted by molar-refractivity contribution is 0.0230. The van der Waals surface area contributed by atoms with Gasteiger partial charge in [-0.1, -0.05) is 23.9 Å². The van der Waals surface area contributed by atoms with Crippen LogP contribution in [-0.2, 0) is 19.6 Å². The molecule has 1 heterocycles. The molecule has 0 radical (unpaired) electrons. The van der Waals surface area contributed by atoms with Gasteiger partial charge in [0.2, 0.25) is 0 Å². The molecule has 1 N–H and O–H groups in total. The van der Waals surface area contributed by atoms with E-state index in [-0.39, 0.29) is 12.2 Å². The Morgan fingerprint density at radius 2 is 1.95 bits per heavy atom. The first-order valence-electron chi connectivity index (χ1n) is 5.82. The highest BCUT2D eigenvalue weighted by Gasteiger charge is 2.32. The second-order valence-corrected chi connectivity index (χ2v) is 5.19. The molecule has 1 aromatic heterocycles. The van der Waals surface area contributed by atoms with Gasteiger partial charge in [0.05, 0.1) is 24.3 Å². The predicted octanol–water partition coefficient (Wildman–Crippen LogP) is 2.94. The van der Waals surface area contributed by atoms with Crippen molar-refractivity contribution in [3.05, 3.63) is 47.5 Å². The van der Waals surface area contributed by atoms with Crippen LogP contribution in [0.1, 0.15) is 11.3 Å². The summed E-state index contributed by atoms with van der Waals surface area (Å²) in [6.07, 6.45) is 1.44. The fraction of sp³-hybridized carbons (Fsp3) is 0.308. The first-order chi connectivity index (χ1) is 9.44. The number of halogens is 3. The third kappa shape index (κ3) is 3.16. The van der Waals surface area contributed by atoms with E-state index in [1.807, 2.05) is 0 Å². The van der Waals surface area contributed by atoms with Crippen molar-refractivity contribution in [3.63, 3.8) is 0 Å². The third-order valence-corrected chi connectivity index (χ3v) is 4.00. The van der Waals surface area contributed by atoms with Crippen LogP contribution in [0.2, 0.25) is 0 Å². The van der Waals surface area contributed by atoms with Crippen LogP contribution < -0.4 is 0 Å². The van der Waals surface area contributed by atoms with Crippen molar-refractivity contribution in [3.8, 4) is 0 Å².